The molecule has 1 aliphatic heterocycles. The highest BCUT2D eigenvalue weighted by Crippen LogP contribution is 2.20. The third-order valence-electron chi connectivity index (χ3n) is 3.79. The van der Waals surface area contributed by atoms with Crippen molar-refractivity contribution in [1.29, 1.82) is 0 Å². The monoisotopic (exact) mass is 281 g/mol. The van der Waals surface area contributed by atoms with Crippen LogP contribution >= 0.6 is 11.6 Å². The Morgan fingerprint density at radius 1 is 1.58 bits per heavy atom. The second-order valence-electron chi connectivity index (χ2n) is 5.27. The van der Waals surface area contributed by atoms with E-state index < -0.39 is 0 Å². The van der Waals surface area contributed by atoms with Gasteiger partial charge in [0.05, 0.1) is 6.10 Å². The van der Waals surface area contributed by atoms with E-state index in [0.717, 1.165) is 26.1 Å². The van der Waals surface area contributed by atoms with Gasteiger partial charge in [-0.25, -0.2) is 0 Å². The summed E-state index contributed by atoms with van der Waals surface area (Å²) in [5, 5.41) is 10.1. The lowest BCUT2D eigenvalue weighted by Crippen LogP contribution is -2.26. The van der Waals surface area contributed by atoms with E-state index in [1.54, 1.807) is 24.3 Å². The number of halogens is 1. The molecule has 0 bridgehead atoms. The van der Waals surface area contributed by atoms with Crippen LogP contribution in [0.15, 0.2) is 24.3 Å². The first kappa shape index (κ1) is 14.5. The summed E-state index contributed by atoms with van der Waals surface area (Å²) < 4.78 is 0. The minimum atomic E-state index is -0.256. The van der Waals surface area contributed by atoms with Crippen LogP contribution in [0.4, 0.5) is 0 Å². The van der Waals surface area contributed by atoms with Crippen molar-refractivity contribution < 1.29 is 9.90 Å². The van der Waals surface area contributed by atoms with Crippen LogP contribution in [-0.2, 0) is 0 Å². The van der Waals surface area contributed by atoms with Gasteiger partial charge in [0.1, 0.15) is 0 Å². The van der Waals surface area contributed by atoms with Crippen molar-refractivity contribution in [3.8, 4) is 0 Å². The van der Waals surface area contributed by atoms with Crippen molar-refractivity contribution in [2.75, 3.05) is 19.6 Å². The van der Waals surface area contributed by atoms with Crippen LogP contribution in [0.2, 0.25) is 5.02 Å². The summed E-state index contributed by atoms with van der Waals surface area (Å²) in [5.41, 5.74) is 0.679. The molecule has 1 aromatic rings. The summed E-state index contributed by atoms with van der Waals surface area (Å²) in [6, 6.07) is 7.09. The highest BCUT2D eigenvalue weighted by Gasteiger charge is 2.25. The van der Waals surface area contributed by atoms with E-state index in [4.69, 9.17) is 11.6 Å². The maximum absolute atomic E-state index is 12.0. The van der Waals surface area contributed by atoms with Gasteiger partial charge in [0, 0.05) is 30.1 Å². The zero-order valence-corrected chi connectivity index (χ0v) is 11.9. The van der Waals surface area contributed by atoms with Crippen molar-refractivity contribution in [2.24, 2.45) is 5.92 Å². The molecule has 2 atom stereocenters. The second kappa shape index (κ2) is 6.51. The van der Waals surface area contributed by atoms with Gasteiger partial charge in [-0.1, -0.05) is 23.7 Å². The highest BCUT2D eigenvalue weighted by molar-refractivity contribution is 6.31. The molecule has 1 N–H and O–H groups in total. The number of carbonyl (C=O) groups is 1. The van der Waals surface area contributed by atoms with E-state index in [2.05, 4.69) is 4.90 Å². The van der Waals surface area contributed by atoms with Crippen molar-refractivity contribution in [3.63, 3.8) is 0 Å². The SMILES string of the molecule is CC(O)C1CCN(CCC(=O)c2cccc(Cl)c2)C1. The molecule has 4 heteroatoms. The van der Waals surface area contributed by atoms with Crippen molar-refractivity contribution in [1.82, 2.24) is 4.90 Å². The Bertz CT molecular complexity index is 448. The Morgan fingerprint density at radius 2 is 2.37 bits per heavy atom. The summed E-state index contributed by atoms with van der Waals surface area (Å²) in [4.78, 5) is 14.3. The second-order valence-corrected chi connectivity index (χ2v) is 5.71. The van der Waals surface area contributed by atoms with Gasteiger partial charge in [-0.3, -0.25) is 4.79 Å². The normalized spacial score (nSPS) is 21.5. The predicted octanol–water partition coefficient (Wildman–Crippen LogP) is 2.62. The van der Waals surface area contributed by atoms with E-state index in [9.17, 15) is 9.90 Å². The maximum atomic E-state index is 12.0. The lowest BCUT2D eigenvalue weighted by Gasteiger charge is -2.16. The van der Waals surface area contributed by atoms with Crippen LogP contribution in [-0.4, -0.2) is 41.5 Å². The molecule has 0 aliphatic carbocycles. The molecular formula is C15H20ClNO2. The first-order valence-corrected chi connectivity index (χ1v) is 7.13. The van der Waals surface area contributed by atoms with Gasteiger partial charge >= 0.3 is 0 Å². The van der Waals surface area contributed by atoms with Crippen molar-refractivity contribution >= 4 is 17.4 Å². The number of aliphatic hydroxyl groups excluding tert-OH is 1. The van der Waals surface area contributed by atoms with Gasteiger partial charge in [-0.05, 0) is 37.9 Å². The first-order valence-electron chi connectivity index (χ1n) is 6.75. The molecule has 1 fully saturated rings. The standard InChI is InChI=1S/C15H20ClNO2/c1-11(18)13-5-7-17(10-13)8-6-15(19)12-3-2-4-14(16)9-12/h2-4,9,11,13,18H,5-8,10H2,1H3. The topological polar surface area (TPSA) is 40.5 Å². The third kappa shape index (κ3) is 4.03. The Morgan fingerprint density at radius 3 is 3.00 bits per heavy atom. The zero-order valence-electron chi connectivity index (χ0n) is 11.2. The fourth-order valence-electron chi connectivity index (χ4n) is 2.53. The van der Waals surface area contributed by atoms with Gasteiger partial charge in [0.15, 0.2) is 5.78 Å². The molecule has 3 nitrogen and oxygen atoms in total. The molecule has 1 aliphatic rings. The smallest absolute Gasteiger partial charge is 0.164 e. The molecule has 0 radical (unpaired) electrons. The first-order chi connectivity index (χ1) is 9.06. The Labute approximate surface area is 119 Å². The van der Waals surface area contributed by atoms with Gasteiger partial charge < -0.3 is 10.0 Å². The maximum Gasteiger partial charge on any atom is 0.164 e. The fourth-order valence-corrected chi connectivity index (χ4v) is 2.72. The van der Waals surface area contributed by atoms with E-state index >= 15 is 0 Å². The molecular weight excluding hydrogens is 262 g/mol. The van der Waals surface area contributed by atoms with E-state index in [-0.39, 0.29) is 11.9 Å². The molecule has 0 spiro atoms. The third-order valence-corrected chi connectivity index (χ3v) is 4.03. The average molecular weight is 282 g/mol. The van der Waals surface area contributed by atoms with Crippen molar-refractivity contribution in [2.45, 2.75) is 25.9 Å². The molecule has 19 heavy (non-hydrogen) atoms. The summed E-state index contributed by atoms with van der Waals surface area (Å²) >= 11 is 5.88. The molecule has 104 valence electrons. The Balaban J connectivity index is 1.82. The quantitative estimate of drug-likeness (QED) is 0.844. The van der Waals surface area contributed by atoms with Crippen LogP contribution in [0.5, 0.6) is 0 Å². The predicted molar refractivity (Wildman–Crippen MR) is 76.6 cm³/mol. The molecule has 0 saturated carbocycles. The van der Waals surface area contributed by atoms with E-state index in [0.29, 0.717) is 22.9 Å². The average Bonchev–Trinajstić information content (AvgIpc) is 2.85. The van der Waals surface area contributed by atoms with E-state index in [1.165, 1.54) is 0 Å². The molecule has 0 aromatic heterocycles. The van der Waals surface area contributed by atoms with Crippen LogP contribution in [0, 0.1) is 5.92 Å². The summed E-state index contributed by atoms with van der Waals surface area (Å²) in [5.74, 6) is 0.476. The lowest BCUT2D eigenvalue weighted by atomic mass is 10.0. The molecule has 1 saturated heterocycles. The number of aliphatic hydroxyl groups is 1. The summed E-state index contributed by atoms with van der Waals surface area (Å²) in [6.45, 7) is 4.46. The number of nitrogens with zero attached hydrogens (tertiary/aromatic N) is 1. The van der Waals surface area contributed by atoms with Crippen LogP contribution in [0.3, 0.4) is 0 Å². The highest BCUT2D eigenvalue weighted by atomic mass is 35.5. The van der Waals surface area contributed by atoms with Gasteiger partial charge in [0.25, 0.3) is 0 Å². The summed E-state index contributed by atoms with van der Waals surface area (Å²) in [6.07, 6.45) is 1.27. The number of Topliss-reactive ketones (excluding diaryl/α,β-unsaturated/α-hetero) is 1. The van der Waals surface area contributed by atoms with Crippen LogP contribution in [0.25, 0.3) is 0 Å². The minimum Gasteiger partial charge on any atom is -0.393 e. The number of hydrogen-bond acceptors (Lipinski definition) is 3. The van der Waals surface area contributed by atoms with Crippen LogP contribution < -0.4 is 0 Å². The number of ketones is 1. The fraction of sp³-hybridized carbons (Fsp3) is 0.533. The van der Waals surface area contributed by atoms with Gasteiger partial charge in [-0.2, -0.15) is 0 Å². The zero-order chi connectivity index (χ0) is 13.8. The van der Waals surface area contributed by atoms with Gasteiger partial charge in [-0.15, -0.1) is 0 Å². The number of carbonyl (C=O) groups excluding carboxylic acids is 1. The minimum absolute atomic E-state index is 0.128. The Hall–Kier alpha value is -0.900. The number of hydrogen-bond donors (Lipinski definition) is 1. The molecule has 0 amide bonds. The molecule has 1 heterocycles. The molecule has 1 aromatic carbocycles. The largest absolute Gasteiger partial charge is 0.393 e. The molecule has 2 unspecified atom stereocenters. The lowest BCUT2D eigenvalue weighted by molar-refractivity contribution is 0.0963. The number of likely N-dealkylation sites (tertiary alicyclic amines) is 1. The number of rotatable bonds is 5. The van der Waals surface area contributed by atoms with Crippen LogP contribution in [0.1, 0.15) is 30.1 Å². The summed E-state index contributed by atoms with van der Waals surface area (Å²) in [7, 11) is 0. The van der Waals surface area contributed by atoms with E-state index in [1.807, 2.05) is 6.92 Å². The van der Waals surface area contributed by atoms with Crippen molar-refractivity contribution in [3.05, 3.63) is 34.9 Å². The number of benzene rings is 1. The van der Waals surface area contributed by atoms with Gasteiger partial charge in [0.2, 0.25) is 0 Å². The molecule has 2 rings (SSSR count). The Kier molecular flexibility index (Phi) is 4.97.